The van der Waals surface area contributed by atoms with Crippen LogP contribution in [0, 0.1) is 0 Å². The molecule has 0 aliphatic rings. The van der Waals surface area contributed by atoms with E-state index < -0.39 is 25.7 Å². The second kappa shape index (κ2) is 9.01. The zero-order valence-electron chi connectivity index (χ0n) is 17.5. The van der Waals surface area contributed by atoms with Gasteiger partial charge in [-0.05, 0) is 66.7 Å². The van der Waals surface area contributed by atoms with E-state index in [0.717, 1.165) is 6.07 Å². The van der Waals surface area contributed by atoms with Gasteiger partial charge >= 0.3 is 5.63 Å². The fourth-order valence-electron chi connectivity index (χ4n) is 3.11. The maximum absolute atomic E-state index is 13.0. The zero-order valence-corrected chi connectivity index (χ0v) is 19.9. The summed E-state index contributed by atoms with van der Waals surface area (Å²) in [6, 6.07) is 16.5. The highest BCUT2D eigenvalue weighted by molar-refractivity contribution is 7.93. The number of ether oxygens (including phenoxy) is 1. The smallest absolute Gasteiger partial charge is 0.336 e. The average molecular weight is 521 g/mol. The van der Waals surface area contributed by atoms with Crippen LogP contribution in [0.1, 0.15) is 0 Å². The van der Waals surface area contributed by atoms with E-state index in [1.54, 1.807) is 0 Å². The van der Waals surface area contributed by atoms with Gasteiger partial charge in [0.05, 0.1) is 17.7 Å². The Morgan fingerprint density at radius 1 is 0.794 bits per heavy atom. The Bertz CT molecular complexity index is 1650. The molecule has 2 N–H and O–H groups in total. The summed E-state index contributed by atoms with van der Waals surface area (Å²) in [5, 5.41) is 0.848. The van der Waals surface area contributed by atoms with Crippen LogP contribution in [-0.2, 0) is 20.0 Å². The molecule has 0 radical (unpaired) electrons. The van der Waals surface area contributed by atoms with Crippen molar-refractivity contribution in [2.45, 2.75) is 9.79 Å². The largest absolute Gasteiger partial charge is 0.495 e. The van der Waals surface area contributed by atoms with Crippen LogP contribution < -0.4 is 19.8 Å². The third-order valence-electron chi connectivity index (χ3n) is 4.70. The highest BCUT2D eigenvalue weighted by atomic mass is 35.5. The van der Waals surface area contributed by atoms with Gasteiger partial charge in [0.25, 0.3) is 20.0 Å². The van der Waals surface area contributed by atoms with Crippen molar-refractivity contribution in [2.75, 3.05) is 16.6 Å². The highest BCUT2D eigenvalue weighted by Crippen LogP contribution is 2.30. The van der Waals surface area contributed by atoms with Crippen LogP contribution in [-0.4, -0.2) is 23.9 Å². The summed E-state index contributed by atoms with van der Waals surface area (Å²) in [5.41, 5.74) is -0.0600. The summed E-state index contributed by atoms with van der Waals surface area (Å²) in [5.74, 6) is 0.0187. The molecule has 4 rings (SSSR count). The zero-order chi connectivity index (χ0) is 24.5. The topological polar surface area (TPSA) is 132 Å². The van der Waals surface area contributed by atoms with Crippen LogP contribution in [0.5, 0.6) is 5.75 Å². The van der Waals surface area contributed by atoms with Gasteiger partial charge in [-0.3, -0.25) is 9.44 Å². The first-order chi connectivity index (χ1) is 16.1. The summed E-state index contributed by atoms with van der Waals surface area (Å²) in [6.45, 7) is 0. The van der Waals surface area contributed by atoms with Gasteiger partial charge < -0.3 is 9.15 Å². The lowest BCUT2D eigenvalue weighted by Crippen LogP contribution is -2.16. The highest BCUT2D eigenvalue weighted by Gasteiger charge is 2.22. The van der Waals surface area contributed by atoms with E-state index in [1.807, 2.05) is 0 Å². The van der Waals surface area contributed by atoms with E-state index in [0.29, 0.717) is 10.4 Å². The Balaban J connectivity index is 1.67. The van der Waals surface area contributed by atoms with Gasteiger partial charge in [-0.15, -0.1) is 0 Å². The molecular weight excluding hydrogens is 504 g/mol. The molecule has 9 nitrogen and oxygen atoms in total. The van der Waals surface area contributed by atoms with Crippen LogP contribution in [0.15, 0.2) is 91.8 Å². The van der Waals surface area contributed by atoms with Crippen LogP contribution in [0.3, 0.4) is 0 Å². The third kappa shape index (κ3) is 5.01. The molecule has 0 saturated carbocycles. The van der Waals surface area contributed by atoms with E-state index in [-0.39, 0.29) is 32.5 Å². The number of rotatable bonds is 7. The Labute approximate surface area is 200 Å². The molecule has 4 aromatic rings. The summed E-state index contributed by atoms with van der Waals surface area (Å²) in [6.07, 6.45) is 0. The lowest BCUT2D eigenvalue weighted by molar-refractivity contribution is 0.403. The number of fused-ring (bicyclic) bond motifs is 1. The number of nitrogens with one attached hydrogen (secondary N) is 2. The molecular formula is C22H17ClN2O7S2. The van der Waals surface area contributed by atoms with E-state index in [9.17, 15) is 21.6 Å². The molecule has 0 unspecified atom stereocenters. The summed E-state index contributed by atoms with van der Waals surface area (Å²) in [4.78, 5) is 11.0. The summed E-state index contributed by atoms with van der Waals surface area (Å²) >= 11 is 5.84. The van der Waals surface area contributed by atoms with Crippen molar-refractivity contribution in [3.63, 3.8) is 0 Å². The molecule has 0 aliphatic carbocycles. The van der Waals surface area contributed by atoms with E-state index >= 15 is 0 Å². The van der Waals surface area contributed by atoms with Crippen LogP contribution >= 0.6 is 11.6 Å². The molecule has 0 bridgehead atoms. The van der Waals surface area contributed by atoms with Crippen molar-refractivity contribution in [3.05, 3.63) is 88.2 Å². The molecule has 1 aromatic heterocycles. The molecule has 3 aromatic carbocycles. The van der Waals surface area contributed by atoms with E-state index in [1.165, 1.54) is 73.8 Å². The minimum atomic E-state index is -4.14. The van der Waals surface area contributed by atoms with E-state index in [4.69, 9.17) is 20.8 Å². The van der Waals surface area contributed by atoms with Crippen LogP contribution in [0.25, 0.3) is 11.0 Å². The molecule has 1 heterocycles. The first kappa shape index (κ1) is 23.6. The maximum atomic E-state index is 13.0. The number of sulfonamides is 2. The Kier molecular flexibility index (Phi) is 6.26. The first-order valence-electron chi connectivity index (χ1n) is 9.61. The average Bonchev–Trinajstić information content (AvgIpc) is 2.79. The van der Waals surface area contributed by atoms with Crippen molar-refractivity contribution in [3.8, 4) is 5.75 Å². The quantitative estimate of drug-likeness (QED) is 0.351. The molecule has 0 fully saturated rings. The second-order valence-electron chi connectivity index (χ2n) is 7.04. The molecule has 0 amide bonds. The van der Waals surface area contributed by atoms with Gasteiger partial charge in [-0.25, -0.2) is 21.6 Å². The van der Waals surface area contributed by atoms with Crippen molar-refractivity contribution in [2.24, 2.45) is 0 Å². The number of hydrogen-bond acceptors (Lipinski definition) is 7. The lowest BCUT2D eigenvalue weighted by Gasteiger charge is -2.14. The van der Waals surface area contributed by atoms with Gasteiger partial charge in [0, 0.05) is 22.2 Å². The van der Waals surface area contributed by atoms with E-state index in [2.05, 4.69) is 9.44 Å². The number of anilines is 2. The molecule has 0 atom stereocenters. The Morgan fingerprint density at radius 2 is 1.47 bits per heavy atom. The fraction of sp³-hybridized carbons (Fsp3) is 0.0455. The minimum absolute atomic E-state index is 0.00280. The van der Waals surface area contributed by atoms with Crippen molar-refractivity contribution in [1.29, 1.82) is 0 Å². The molecule has 0 saturated heterocycles. The van der Waals surface area contributed by atoms with Gasteiger partial charge in [0.15, 0.2) is 0 Å². The number of benzene rings is 3. The molecule has 0 spiro atoms. The Morgan fingerprint density at radius 3 is 2.18 bits per heavy atom. The normalized spacial score (nSPS) is 11.8. The fourth-order valence-corrected chi connectivity index (χ4v) is 5.57. The van der Waals surface area contributed by atoms with Gasteiger partial charge in [0.1, 0.15) is 16.2 Å². The summed E-state index contributed by atoms with van der Waals surface area (Å²) < 4.78 is 66.8. The van der Waals surface area contributed by atoms with Crippen molar-refractivity contribution < 1.29 is 26.0 Å². The Hall–Kier alpha value is -3.54. The third-order valence-corrected chi connectivity index (χ3v) is 7.74. The van der Waals surface area contributed by atoms with Gasteiger partial charge in [-0.2, -0.15) is 0 Å². The minimum Gasteiger partial charge on any atom is -0.495 e. The van der Waals surface area contributed by atoms with Gasteiger partial charge in [-0.1, -0.05) is 11.6 Å². The predicted octanol–water partition coefficient (Wildman–Crippen LogP) is 4.06. The second-order valence-corrected chi connectivity index (χ2v) is 10.8. The number of methoxy groups -OCH3 is 1. The standard InChI is InChI=1S/C22H17ClN2O7S2/c1-31-20-9-7-17(13-21(20)34(29,30)24-16-5-3-15(23)4-6-16)25-33(27,28)18-8-10-19-14(12-18)2-11-22(26)32-19/h2-13,24-25H,1H3. The van der Waals surface area contributed by atoms with Crippen LogP contribution in [0.4, 0.5) is 11.4 Å². The maximum Gasteiger partial charge on any atom is 0.336 e. The van der Waals surface area contributed by atoms with Crippen molar-refractivity contribution >= 4 is 54.0 Å². The first-order valence-corrected chi connectivity index (χ1v) is 12.9. The molecule has 0 aliphatic heterocycles. The number of halogens is 1. The summed E-state index contributed by atoms with van der Waals surface area (Å²) in [7, 11) is -6.94. The van der Waals surface area contributed by atoms with Crippen LogP contribution in [0.2, 0.25) is 5.02 Å². The lowest BCUT2D eigenvalue weighted by atomic mass is 10.2. The monoisotopic (exact) mass is 520 g/mol. The van der Waals surface area contributed by atoms with Gasteiger partial charge in [0.2, 0.25) is 0 Å². The number of hydrogen-bond donors (Lipinski definition) is 2. The van der Waals surface area contributed by atoms with Crippen molar-refractivity contribution in [1.82, 2.24) is 0 Å². The SMILES string of the molecule is COc1ccc(NS(=O)(=O)c2ccc3oc(=O)ccc3c2)cc1S(=O)(=O)Nc1ccc(Cl)cc1. The molecule has 176 valence electrons. The molecule has 34 heavy (non-hydrogen) atoms. The predicted molar refractivity (Wildman–Crippen MR) is 129 cm³/mol. The molecule has 12 heteroatoms.